The van der Waals surface area contributed by atoms with Gasteiger partial charge in [0.05, 0.1) is 12.0 Å². The minimum atomic E-state index is -0.387. The van der Waals surface area contributed by atoms with E-state index in [4.69, 9.17) is 10.5 Å². The Morgan fingerprint density at radius 2 is 1.95 bits per heavy atom. The first kappa shape index (κ1) is 14.0. The van der Waals surface area contributed by atoms with Crippen LogP contribution in [0.15, 0.2) is 18.2 Å². The molecule has 3 atom stereocenters. The van der Waals surface area contributed by atoms with E-state index in [1.54, 1.807) is 6.07 Å². The summed E-state index contributed by atoms with van der Waals surface area (Å²) < 4.78 is 5.26. The first-order valence-corrected chi connectivity index (χ1v) is 8.12. The lowest BCUT2D eigenvalue weighted by Crippen LogP contribution is -2.61. The molecule has 0 amide bonds. The first-order valence-electron chi connectivity index (χ1n) is 8.12. The van der Waals surface area contributed by atoms with Crippen LogP contribution in [0, 0.1) is 27.9 Å². The summed E-state index contributed by atoms with van der Waals surface area (Å²) in [6.07, 6.45) is 6.13. The van der Waals surface area contributed by atoms with Crippen LogP contribution in [0.25, 0.3) is 0 Å². The predicted octanol–water partition coefficient (Wildman–Crippen LogP) is 3.01. The smallest absolute Gasteiger partial charge is 0.310 e. The van der Waals surface area contributed by atoms with Crippen LogP contribution in [0.5, 0.6) is 5.75 Å². The Labute approximate surface area is 130 Å². The van der Waals surface area contributed by atoms with E-state index in [-0.39, 0.29) is 22.1 Å². The van der Waals surface area contributed by atoms with Crippen LogP contribution in [0.4, 0.5) is 5.69 Å². The lowest BCUT2D eigenvalue weighted by Gasteiger charge is -2.60. The van der Waals surface area contributed by atoms with Crippen LogP contribution in [0.2, 0.25) is 0 Å². The zero-order chi connectivity index (χ0) is 15.5. The van der Waals surface area contributed by atoms with Gasteiger partial charge < -0.3 is 10.5 Å². The Kier molecular flexibility index (Phi) is 2.98. The van der Waals surface area contributed by atoms with Gasteiger partial charge >= 0.3 is 5.69 Å². The number of nitrogens with two attached hydrogens (primary N) is 1. The molecule has 118 valence electrons. The van der Waals surface area contributed by atoms with Crippen molar-refractivity contribution in [1.82, 2.24) is 0 Å². The number of hydrogen-bond acceptors (Lipinski definition) is 4. The highest BCUT2D eigenvalue weighted by atomic mass is 16.6. The molecule has 4 fully saturated rings. The number of nitro groups is 1. The van der Waals surface area contributed by atoms with Crippen molar-refractivity contribution >= 4 is 5.69 Å². The average Bonchev–Trinajstić information content (AvgIpc) is 2.50. The summed E-state index contributed by atoms with van der Waals surface area (Å²) in [5, 5.41) is 11.1. The Balaban J connectivity index is 1.79. The molecule has 5 heteroatoms. The fraction of sp³-hybridized carbons (Fsp3) is 0.647. The Bertz CT molecular complexity index is 616. The average molecular weight is 302 g/mol. The minimum absolute atomic E-state index is 0.00282. The molecule has 0 aromatic heterocycles. The van der Waals surface area contributed by atoms with Crippen LogP contribution < -0.4 is 10.5 Å². The van der Waals surface area contributed by atoms with Crippen LogP contribution in [0.3, 0.4) is 0 Å². The van der Waals surface area contributed by atoms with E-state index in [1.807, 2.05) is 12.1 Å². The van der Waals surface area contributed by atoms with Gasteiger partial charge in [0.15, 0.2) is 5.75 Å². The molecular formula is C17H22N2O3. The molecule has 4 bridgehead atoms. The Hall–Kier alpha value is -1.62. The lowest BCUT2D eigenvalue weighted by molar-refractivity contribution is -0.385. The molecule has 4 aliphatic carbocycles. The summed E-state index contributed by atoms with van der Waals surface area (Å²) in [4.78, 5) is 10.7. The Morgan fingerprint density at radius 1 is 1.27 bits per heavy atom. The summed E-state index contributed by atoms with van der Waals surface area (Å²) in [7, 11) is 1.49. The van der Waals surface area contributed by atoms with Crippen molar-refractivity contribution in [3.8, 4) is 5.75 Å². The molecule has 0 aliphatic heterocycles. The first-order chi connectivity index (χ1) is 10.5. The summed E-state index contributed by atoms with van der Waals surface area (Å²) in [5.74, 6) is 2.52. The van der Waals surface area contributed by atoms with Gasteiger partial charge in [-0.05, 0) is 61.5 Å². The van der Waals surface area contributed by atoms with Gasteiger partial charge in [0, 0.05) is 17.5 Å². The second kappa shape index (κ2) is 4.69. The van der Waals surface area contributed by atoms with Crippen LogP contribution >= 0.6 is 0 Å². The number of rotatable bonds is 3. The summed E-state index contributed by atoms with van der Waals surface area (Å²) >= 11 is 0. The monoisotopic (exact) mass is 302 g/mol. The standard InChI is InChI=1S/C17H22N2O3/c1-22-15-7-13(2-3-14(15)19(20)21)17-8-10-4-11(9-17)6-12(5-10)16(17)18/h2-3,7,10-12,16H,4-6,8-9,18H2,1H3. The molecule has 0 saturated heterocycles. The van der Waals surface area contributed by atoms with E-state index in [0.29, 0.717) is 11.7 Å². The van der Waals surface area contributed by atoms with Crippen LogP contribution in [0.1, 0.15) is 37.7 Å². The van der Waals surface area contributed by atoms with E-state index in [9.17, 15) is 10.1 Å². The number of benzene rings is 1. The zero-order valence-corrected chi connectivity index (χ0v) is 12.8. The highest BCUT2D eigenvalue weighted by molar-refractivity contribution is 5.51. The minimum Gasteiger partial charge on any atom is -0.490 e. The van der Waals surface area contributed by atoms with Gasteiger partial charge in [-0.25, -0.2) is 0 Å². The third-order valence-corrected chi connectivity index (χ3v) is 6.34. The van der Waals surface area contributed by atoms with E-state index < -0.39 is 0 Å². The normalized spacial score (nSPS) is 39.0. The van der Waals surface area contributed by atoms with Crippen molar-refractivity contribution in [2.24, 2.45) is 23.5 Å². The molecule has 22 heavy (non-hydrogen) atoms. The van der Waals surface area contributed by atoms with Crippen LogP contribution in [-0.4, -0.2) is 18.1 Å². The Morgan fingerprint density at radius 3 is 2.55 bits per heavy atom. The van der Waals surface area contributed by atoms with Crippen molar-refractivity contribution in [3.63, 3.8) is 0 Å². The van der Waals surface area contributed by atoms with Crippen molar-refractivity contribution in [3.05, 3.63) is 33.9 Å². The van der Waals surface area contributed by atoms with Gasteiger partial charge in [-0.3, -0.25) is 10.1 Å². The zero-order valence-electron chi connectivity index (χ0n) is 12.8. The molecule has 3 unspecified atom stereocenters. The molecule has 4 saturated carbocycles. The van der Waals surface area contributed by atoms with Gasteiger partial charge in [0.25, 0.3) is 0 Å². The van der Waals surface area contributed by atoms with E-state index >= 15 is 0 Å². The lowest BCUT2D eigenvalue weighted by atomic mass is 9.46. The van der Waals surface area contributed by atoms with Crippen molar-refractivity contribution in [2.75, 3.05) is 7.11 Å². The van der Waals surface area contributed by atoms with Gasteiger partial charge in [-0.2, -0.15) is 0 Å². The van der Waals surface area contributed by atoms with Crippen molar-refractivity contribution < 1.29 is 9.66 Å². The fourth-order valence-electron chi connectivity index (χ4n) is 5.65. The molecule has 0 radical (unpaired) electrons. The predicted molar refractivity (Wildman–Crippen MR) is 82.9 cm³/mol. The van der Waals surface area contributed by atoms with E-state index in [1.165, 1.54) is 26.4 Å². The quantitative estimate of drug-likeness (QED) is 0.687. The maximum Gasteiger partial charge on any atom is 0.310 e. The highest BCUT2D eigenvalue weighted by Gasteiger charge is 2.56. The number of nitrogens with zero attached hydrogens (tertiary/aromatic N) is 1. The third kappa shape index (κ3) is 1.81. The van der Waals surface area contributed by atoms with Crippen LogP contribution in [-0.2, 0) is 5.41 Å². The maximum absolute atomic E-state index is 11.1. The number of hydrogen-bond donors (Lipinski definition) is 1. The van der Waals surface area contributed by atoms with Crippen molar-refractivity contribution in [2.45, 2.75) is 43.6 Å². The fourth-order valence-corrected chi connectivity index (χ4v) is 5.65. The molecule has 1 aromatic rings. The second-order valence-corrected chi connectivity index (χ2v) is 7.43. The van der Waals surface area contributed by atoms with Gasteiger partial charge in [0.2, 0.25) is 0 Å². The van der Waals surface area contributed by atoms with Gasteiger partial charge in [-0.1, -0.05) is 6.07 Å². The highest BCUT2D eigenvalue weighted by Crippen LogP contribution is 2.60. The SMILES string of the molecule is COc1cc(C23CC4CC(CC(C4)C2N)C3)ccc1[N+](=O)[O-]. The molecule has 1 aromatic carbocycles. The van der Waals surface area contributed by atoms with E-state index in [0.717, 1.165) is 30.2 Å². The molecule has 0 heterocycles. The van der Waals surface area contributed by atoms with Gasteiger partial charge in [-0.15, -0.1) is 0 Å². The number of methoxy groups -OCH3 is 1. The molecule has 2 N–H and O–H groups in total. The third-order valence-electron chi connectivity index (χ3n) is 6.34. The summed E-state index contributed by atoms with van der Waals surface area (Å²) in [6.45, 7) is 0. The molecule has 4 aliphatic rings. The van der Waals surface area contributed by atoms with Crippen molar-refractivity contribution in [1.29, 1.82) is 0 Å². The molecule has 0 spiro atoms. The number of nitro benzene ring substituents is 1. The number of ether oxygens (including phenoxy) is 1. The topological polar surface area (TPSA) is 78.4 Å². The van der Waals surface area contributed by atoms with Gasteiger partial charge in [0.1, 0.15) is 0 Å². The summed E-state index contributed by atoms with van der Waals surface area (Å²) in [5.41, 5.74) is 7.82. The van der Waals surface area contributed by atoms with E-state index in [2.05, 4.69) is 0 Å². The summed E-state index contributed by atoms with van der Waals surface area (Å²) in [6, 6.07) is 5.53. The second-order valence-electron chi connectivity index (χ2n) is 7.43. The molecular weight excluding hydrogens is 280 g/mol. The molecule has 5 nitrogen and oxygen atoms in total. The largest absolute Gasteiger partial charge is 0.490 e. The molecule has 5 rings (SSSR count). The maximum atomic E-state index is 11.1.